The third-order valence-electron chi connectivity index (χ3n) is 7.39. The molecule has 6 rings (SSSR count). The summed E-state index contributed by atoms with van der Waals surface area (Å²) in [6.45, 7) is 6.40. The van der Waals surface area contributed by atoms with E-state index >= 15 is 0 Å². The van der Waals surface area contributed by atoms with Crippen molar-refractivity contribution in [3.8, 4) is 17.2 Å². The Hall–Kier alpha value is -4.13. The van der Waals surface area contributed by atoms with Crippen LogP contribution >= 0.6 is 23.8 Å². The number of para-hydroxylation sites is 1. The molecule has 200 valence electrons. The number of nitrogens with zero attached hydrogens (tertiary/aromatic N) is 3. The van der Waals surface area contributed by atoms with E-state index in [0.29, 0.717) is 10.1 Å². The summed E-state index contributed by atoms with van der Waals surface area (Å²) in [5.74, 6) is 1.56. The van der Waals surface area contributed by atoms with E-state index in [0.717, 1.165) is 45.5 Å². The van der Waals surface area contributed by atoms with Crippen molar-refractivity contribution in [1.29, 1.82) is 0 Å². The van der Waals surface area contributed by atoms with Crippen molar-refractivity contribution < 1.29 is 4.74 Å². The van der Waals surface area contributed by atoms with Gasteiger partial charge in [-0.25, -0.2) is 0 Å². The Kier molecular flexibility index (Phi) is 7.05. The number of nitrogens with one attached hydrogen (secondary N) is 1. The molecule has 40 heavy (non-hydrogen) atoms. The van der Waals surface area contributed by atoms with Crippen molar-refractivity contribution in [3.63, 3.8) is 0 Å². The molecule has 2 atom stereocenters. The first-order valence-electron chi connectivity index (χ1n) is 13.2. The second-order valence-corrected chi connectivity index (χ2v) is 10.8. The van der Waals surface area contributed by atoms with Gasteiger partial charge in [0.15, 0.2) is 5.11 Å². The average Bonchev–Trinajstić information content (AvgIpc) is 3.46. The van der Waals surface area contributed by atoms with E-state index < -0.39 is 0 Å². The summed E-state index contributed by atoms with van der Waals surface area (Å²) in [4.78, 5) is 6.90. The lowest BCUT2D eigenvalue weighted by Gasteiger charge is -2.28. The summed E-state index contributed by atoms with van der Waals surface area (Å²) in [5.41, 5.74) is 7.58. The highest BCUT2D eigenvalue weighted by molar-refractivity contribution is 7.80. The molecule has 3 aromatic carbocycles. The predicted octanol–water partition coefficient (Wildman–Crippen LogP) is 8.42. The first-order valence-corrected chi connectivity index (χ1v) is 14.0. The maximum absolute atomic E-state index is 6.43. The number of hydrogen-bond donors (Lipinski definition) is 1. The van der Waals surface area contributed by atoms with Crippen LogP contribution in [0.15, 0.2) is 103 Å². The van der Waals surface area contributed by atoms with Gasteiger partial charge in [-0.2, -0.15) is 0 Å². The summed E-state index contributed by atoms with van der Waals surface area (Å²) in [5, 5.41) is 4.94. The number of benzene rings is 3. The topological polar surface area (TPSA) is 42.3 Å². The number of aromatic nitrogens is 2. The minimum Gasteiger partial charge on any atom is -0.457 e. The third-order valence-corrected chi connectivity index (χ3v) is 7.94. The molecule has 1 fully saturated rings. The Balaban J connectivity index is 1.44. The van der Waals surface area contributed by atoms with Crippen LogP contribution in [0.1, 0.15) is 40.3 Å². The molecule has 0 bridgehead atoms. The Morgan fingerprint density at radius 2 is 1.57 bits per heavy atom. The molecule has 3 heterocycles. The fourth-order valence-corrected chi connectivity index (χ4v) is 6.04. The minimum atomic E-state index is -0.136. The fraction of sp³-hybridized carbons (Fsp3) is 0.152. The number of aryl methyl sites for hydroxylation is 2. The van der Waals surface area contributed by atoms with E-state index in [1.165, 1.54) is 5.56 Å². The number of pyridine rings is 1. The standard InChI is InChI=1S/C33H29ClN4OS/c1-21-12-13-24(34)20-30(21)37-22(2)19-28(23(37)3)32-31(29-11-7-8-18-35-29)36-33(40)38(32)25-14-16-27(17-15-25)39-26-9-5-4-6-10-26/h4-20,31-32H,1-3H3,(H,36,40)/t31-,32+/m1/s1. The van der Waals surface area contributed by atoms with Crippen molar-refractivity contribution in [2.24, 2.45) is 0 Å². The minimum absolute atomic E-state index is 0.122. The molecule has 5 nitrogen and oxygen atoms in total. The van der Waals surface area contributed by atoms with Crippen molar-refractivity contribution >= 4 is 34.6 Å². The number of thiocarbonyl (C=S) groups is 1. The smallest absolute Gasteiger partial charge is 0.174 e. The van der Waals surface area contributed by atoms with E-state index in [2.05, 4.69) is 59.8 Å². The van der Waals surface area contributed by atoms with Crippen LogP contribution in [0, 0.1) is 20.8 Å². The van der Waals surface area contributed by atoms with Crippen LogP contribution in [0.25, 0.3) is 5.69 Å². The van der Waals surface area contributed by atoms with Crippen LogP contribution < -0.4 is 15.0 Å². The molecule has 0 radical (unpaired) electrons. The SMILES string of the molecule is Cc1ccc(Cl)cc1-n1c(C)cc([C@H]2[C@@H](c3ccccn3)NC(=S)N2c2ccc(Oc3ccccc3)cc2)c1C. The lowest BCUT2D eigenvalue weighted by molar-refractivity contribution is 0.482. The molecule has 1 aliphatic rings. The molecule has 7 heteroatoms. The van der Waals surface area contributed by atoms with Gasteiger partial charge in [0.1, 0.15) is 11.5 Å². The predicted molar refractivity (Wildman–Crippen MR) is 166 cm³/mol. The summed E-state index contributed by atoms with van der Waals surface area (Å²) in [6, 6.07) is 31.9. The Morgan fingerprint density at radius 3 is 2.30 bits per heavy atom. The average molecular weight is 565 g/mol. The summed E-state index contributed by atoms with van der Waals surface area (Å²) < 4.78 is 8.32. The number of rotatable bonds is 6. The molecule has 1 aliphatic heterocycles. The number of anilines is 1. The molecule has 0 saturated carbocycles. The van der Waals surface area contributed by atoms with Gasteiger partial charge in [0, 0.05) is 34.0 Å². The van der Waals surface area contributed by atoms with Crippen LogP contribution in [-0.2, 0) is 0 Å². The first kappa shape index (κ1) is 26.1. The van der Waals surface area contributed by atoms with Gasteiger partial charge < -0.3 is 19.5 Å². The summed E-state index contributed by atoms with van der Waals surface area (Å²) >= 11 is 12.4. The molecule has 5 aromatic rings. The van der Waals surface area contributed by atoms with E-state index in [1.54, 1.807) is 0 Å². The van der Waals surface area contributed by atoms with Gasteiger partial charge in [-0.05, 0) is 111 Å². The fourth-order valence-electron chi connectivity index (χ4n) is 5.53. The van der Waals surface area contributed by atoms with E-state index in [4.69, 9.17) is 33.5 Å². The van der Waals surface area contributed by atoms with E-state index in [-0.39, 0.29) is 12.1 Å². The van der Waals surface area contributed by atoms with Crippen molar-refractivity contribution in [2.45, 2.75) is 32.9 Å². The van der Waals surface area contributed by atoms with Crippen LogP contribution in [0.2, 0.25) is 5.02 Å². The van der Waals surface area contributed by atoms with Crippen molar-refractivity contribution in [2.75, 3.05) is 4.90 Å². The molecule has 2 aromatic heterocycles. The Morgan fingerprint density at radius 1 is 0.850 bits per heavy atom. The molecule has 0 amide bonds. The summed E-state index contributed by atoms with van der Waals surface area (Å²) in [7, 11) is 0. The number of hydrogen-bond acceptors (Lipinski definition) is 3. The highest BCUT2D eigenvalue weighted by Crippen LogP contribution is 2.44. The van der Waals surface area contributed by atoms with Gasteiger partial charge in [-0.15, -0.1) is 0 Å². The molecular weight excluding hydrogens is 536 g/mol. The second-order valence-electron chi connectivity index (χ2n) is 10.00. The van der Waals surface area contributed by atoms with Gasteiger partial charge >= 0.3 is 0 Å². The van der Waals surface area contributed by atoms with Crippen LogP contribution in [-0.4, -0.2) is 14.7 Å². The van der Waals surface area contributed by atoms with Gasteiger partial charge in [0.2, 0.25) is 0 Å². The van der Waals surface area contributed by atoms with Crippen molar-refractivity contribution in [3.05, 3.63) is 136 Å². The zero-order valence-corrected chi connectivity index (χ0v) is 24.1. The van der Waals surface area contributed by atoms with Crippen LogP contribution in [0.5, 0.6) is 11.5 Å². The molecular formula is C33H29ClN4OS. The molecule has 0 unspecified atom stereocenters. The molecule has 0 aliphatic carbocycles. The largest absolute Gasteiger partial charge is 0.457 e. The van der Waals surface area contributed by atoms with Crippen LogP contribution in [0.3, 0.4) is 0 Å². The number of halogens is 1. The zero-order valence-electron chi connectivity index (χ0n) is 22.5. The molecule has 1 saturated heterocycles. The van der Waals surface area contributed by atoms with E-state index in [9.17, 15) is 0 Å². The Bertz CT molecular complexity index is 1670. The van der Waals surface area contributed by atoms with Crippen LogP contribution in [0.4, 0.5) is 5.69 Å². The number of ether oxygens (including phenoxy) is 1. The van der Waals surface area contributed by atoms with E-state index in [1.807, 2.05) is 79.0 Å². The monoisotopic (exact) mass is 564 g/mol. The van der Waals surface area contributed by atoms with Gasteiger partial charge in [-0.3, -0.25) is 4.98 Å². The van der Waals surface area contributed by atoms with Gasteiger partial charge in [0.25, 0.3) is 0 Å². The summed E-state index contributed by atoms with van der Waals surface area (Å²) in [6.07, 6.45) is 1.83. The maximum Gasteiger partial charge on any atom is 0.174 e. The lowest BCUT2D eigenvalue weighted by atomic mass is 9.96. The second kappa shape index (κ2) is 10.8. The normalized spacial score (nSPS) is 16.7. The quantitative estimate of drug-likeness (QED) is 0.210. The Labute approximate surface area is 245 Å². The lowest BCUT2D eigenvalue weighted by Crippen LogP contribution is -2.29. The highest BCUT2D eigenvalue weighted by Gasteiger charge is 2.42. The third kappa shape index (κ3) is 4.85. The molecule has 0 spiro atoms. The van der Waals surface area contributed by atoms with Gasteiger partial charge in [-0.1, -0.05) is 41.9 Å². The maximum atomic E-state index is 6.43. The van der Waals surface area contributed by atoms with Crippen molar-refractivity contribution in [1.82, 2.24) is 14.9 Å². The molecule has 1 N–H and O–H groups in total. The zero-order chi connectivity index (χ0) is 27.8. The van der Waals surface area contributed by atoms with Gasteiger partial charge in [0.05, 0.1) is 17.8 Å². The first-order chi connectivity index (χ1) is 19.4. The highest BCUT2D eigenvalue weighted by atomic mass is 35.5.